The van der Waals surface area contributed by atoms with Crippen LogP contribution in [0.2, 0.25) is 0 Å². The van der Waals surface area contributed by atoms with Gasteiger partial charge < -0.3 is 15.0 Å². The lowest BCUT2D eigenvalue weighted by atomic mass is 10.1. The number of alkyl halides is 2. The predicted octanol–water partition coefficient (Wildman–Crippen LogP) is 3.29. The topological polar surface area (TPSA) is 58.6 Å². The first kappa shape index (κ1) is 20.4. The largest absolute Gasteiger partial charge is 0.435 e. The van der Waals surface area contributed by atoms with Crippen LogP contribution in [-0.2, 0) is 11.3 Å². The molecule has 0 spiro atoms. The number of hydrogen-bond acceptors (Lipinski definition) is 3. The first-order valence-electron chi connectivity index (χ1n) is 8.39. The smallest absolute Gasteiger partial charge is 0.387 e. The molecule has 2 aromatic carbocycles. The zero-order valence-electron chi connectivity index (χ0n) is 15.5. The molecule has 0 bridgehead atoms. The minimum Gasteiger partial charge on any atom is -0.435 e. The minimum atomic E-state index is -2.87. The van der Waals surface area contributed by atoms with Crippen LogP contribution in [0.3, 0.4) is 0 Å². The van der Waals surface area contributed by atoms with Gasteiger partial charge in [0.2, 0.25) is 5.91 Å². The highest BCUT2D eigenvalue weighted by Gasteiger charge is 2.13. The summed E-state index contributed by atoms with van der Waals surface area (Å²) < 4.78 is 28.6. The lowest BCUT2D eigenvalue weighted by molar-refractivity contribution is -0.129. The van der Waals surface area contributed by atoms with Gasteiger partial charge in [-0.15, -0.1) is 0 Å². The third-order valence-electron chi connectivity index (χ3n) is 3.88. The van der Waals surface area contributed by atoms with Gasteiger partial charge in [-0.3, -0.25) is 9.59 Å². The highest BCUT2D eigenvalue weighted by atomic mass is 19.3. The Balaban J connectivity index is 1.87. The Bertz CT molecular complexity index is 787. The zero-order valence-corrected chi connectivity index (χ0v) is 15.5. The van der Waals surface area contributed by atoms with E-state index in [9.17, 15) is 18.4 Å². The summed E-state index contributed by atoms with van der Waals surface area (Å²) in [6.45, 7) is 1.09. The van der Waals surface area contributed by atoms with E-state index in [1.54, 1.807) is 31.3 Å². The minimum absolute atomic E-state index is 0.0587. The Hall–Kier alpha value is -2.96. The first-order chi connectivity index (χ1) is 12.7. The Morgan fingerprint density at radius 3 is 2.22 bits per heavy atom. The molecule has 0 heterocycles. The number of carbonyl (C=O) groups is 2. The second-order valence-corrected chi connectivity index (χ2v) is 6.33. The van der Waals surface area contributed by atoms with E-state index in [0.29, 0.717) is 5.56 Å². The Morgan fingerprint density at radius 2 is 1.67 bits per heavy atom. The van der Waals surface area contributed by atoms with Crippen LogP contribution >= 0.6 is 0 Å². The summed E-state index contributed by atoms with van der Waals surface area (Å²) >= 11 is 0. The number of amides is 2. The number of hydrogen-bond donors (Lipinski definition) is 1. The van der Waals surface area contributed by atoms with Gasteiger partial charge in [-0.05, 0) is 43.7 Å². The van der Waals surface area contributed by atoms with Crippen LogP contribution in [0, 0.1) is 13.8 Å². The molecule has 2 aromatic rings. The van der Waals surface area contributed by atoms with Crippen LogP contribution in [0.25, 0.3) is 0 Å². The molecule has 0 aliphatic carbocycles. The number of rotatable bonds is 7. The van der Waals surface area contributed by atoms with Gasteiger partial charge in [0.15, 0.2) is 0 Å². The molecule has 0 radical (unpaired) electrons. The van der Waals surface area contributed by atoms with Crippen molar-refractivity contribution >= 4 is 11.8 Å². The molecule has 2 amide bonds. The Kier molecular flexibility index (Phi) is 6.87. The van der Waals surface area contributed by atoms with Gasteiger partial charge in [0, 0.05) is 19.2 Å². The van der Waals surface area contributed by atoms with E-state index in [1.807, 2.05) is 19.9 Å². The highest BCUT2D eigenvalue weighted by Crippen LogP contribution is 2.15. The maximum Gasteiger partial charge on any atom is 0.387 e. The van der Waals surface area contributed by atoms with Gasteiger partial charge in [0.1, 0.15) is 5.75 Å². The van der Waals surface area contributed by atoms with Gasteiger partial charge in [0.25, 0.3) is 5.91 Å². The standard InChI is InChI=1S/C20H22F2N2O3/c1-13-8-14(2)10-16(9-13)19(26)23-11-18(25)24(3)12-15-4-6-17(7-5-15)27-20(21)22/h4-10,20H,11-12H2,1-3H3,(H,23,26). The molecule has 0 aliphatic rings. The second kappa shape index (κ2) is 9.12. The summed E-state index contributed by atoms with van der Waals surface area (Å²) in [5.74, 6) is -0.513. The zero-order chi connectivity index (χ0) is 20.0. The third kappa shape index (κ3) is 6.36. The molecule has 0 aliphatic heterocycles. The molecule has 0 saturated heterocycles. The Labute approximate surface area is 156 Å². The molecule has 1 N–H and O–H groups in total. The van der Waals surface area contributed by atoms with E-state index in [-0.39, 0.29) is 30.7 Å². The maximum atomic E-state index is 12.2. The van der Waals surface area contributed by atoms with E-state index < -0.39 is 6.61 Å². The number of nitrogens with zero attached hydrogens (tertiary/aromatic N) is 1. The summed E-state index contributed by atoms with van der Waals surface area (Å²) in [6.07, 6.45) is 0. The van der Waals surface area contributed by atoms with Crippen LogP contribution < -0.4 is 10.1 Å². The third-order valence-corrected chi connectivity index (χ3v) is 3.88. The fraction of sp³-hybridized carbons (Fsp3) is 0.300. The molecule has 2 rings (SSSR count). The fourth-order valence-corrected chi connectivity index (χ4v) is 2.64. The molecule has 27 heavy (non-hydrogen) atoms. The number of benzene rings is 2. The van der Waals surface area contributed by atoms with Crippen LogP contribution in [0.4, 0.5) is 8.78 Å². The van der Waals surface area contributed by atoms with Crippen LogP contribution in [0.1, 0.15) is 27.0 Å². The van der Waals surface area contributed by atoms with Crippen molar-refractivity contribution in [2.24, 2.45) is 0 Å². The average molecular weight is 376 g/mol. The van der Waals surface area contributed by atoms with Crippen molar-refractivity contribution in [3.05, 3.63) is 64.7 Å². The lowest BCUT2D eigenvalue weighted by Gasteiger charge is -2.18. The van der Waals surface area contributed by atoms with Gasteiger partial charge in [0.05, 0.1) is 6.54 Å². The van der Waals surface area contributed by atoms with Crippen molar-refractivity contribution in [3.63, 3.8) is 0 Å². The first-order valence-corrected chi connectivity index (χ1v) is 8.39. The molecule has 7 heteroatoms. The average Bonchev–Trinajstić information content (AvgIpc) is 2.59. The SMILES string of the molecule is Cc1cc(C)cc(C(=O)NCC(=O)N(C)Cc2ccc(OC(F)F)cc2)c1. The number of halogens is 2. The predicted molar refractivity (Wildman–Crippen MR) is 97.8 cm³/mol. The van der Waals surface area contributed by atoms with E-state index in [0.717, 1.165) is 16.7 Å². The van der Waals surface area contributed by atoms with E-state index in [4.69, 9.17) is 0 Å². The molecule has 0 saturated carbocycles. The van der Waals surface area contributed by atoms with Crippen molar-refractivity contribution in [1.29, 1.82) is 0 Å². The van der Waals surface area contributed by atoms with Crippen LogP contribution in [-0.4, -0.2) is 36.9 Å². The fourth-order valence-electron chi connectivity index (χ4n) is 2.64. The second-order valence-electron chi connectivity index (χ2n) is 6.33. The van der Waals surface area contributed by atoms with Crippen molar-refractivity contribution < 1.29 is 23.1 Å². The van der Waals surface area contributed by atoms with E-state index >= 15 is 0 Å². The van der Waals surface area contributed by atoms with Gasteiger partial charge >= 0.3 is 6.61 Å². The number of likely N-dealkylation sites (N-methyl/N-ethyl adjacent to an activating group) is 1. The summed E-state index contributed by atoms with van der Waals surface area (Å²) in [5.41, 5.74) is 3.22. The highest BCUT2D eigenvalue weighted by molar-refractivity contribution is 5.96. The summed E-state index contributed by atoms with van der Waals surface area (Å²) in [5, 5.41) is 2.62. The molecule has 0 fully saturated rings. The van der Waals surface area contributed by atoms with Gasteiger partial charge in [-0.2, -0.15) is 8.78 Å². The van der Waals surface area contributed by atoms with Crippen molar-refractivity contribution in [2.75, 3.05) is 13.6 Å². The molecular weight excluding hydrogens is 354 g/mol. The summed E-state index contributed by atoms with van der Waals surface area (Å²) in [7, 11) is 1.61. The maximum absolute atomic E-state index is 12.2. The Morgan fingerprint density at radius 1 is 1.07 bits per heavy atom. The molecule has 0 aromatic heterocycles. The van der Waals surface area contributed by atoms with E-state index in [2.05, 4.69) is 10.1 Å². The number of nitrogens with one attached hydrogen (secondary N) is 1. The number of aryl methyl sites for hydroxylation is 2. The van der Waals surface area contributed by atoms with Gasteiger partial charge in [-0.1, -0.05) is 29.3 Å². The van der Waals surface area contributed by atoms with Crippen molar-refractivity contribution in [2.45, 2.75) is 27.0 Å². The molecule has 144 valence electrons. The lowest BCUT2D eigenvalue weighted by Crippen LogP contribution is -2.37. The number of carbonyl (C=O) groups excluding carboxylic acids is 2. The molecule has 5 nitrogen and oxygen atoms in total. The van der Waals surface area contributed by atoms with Crippen molar-refractivity contribution in [3.8, 4) is 5.75 Å². The monoisotopic (exact) mass is 376 g/mol. The van der Waals surface area contributed by atoms with Crippen molar-refractivity contribution in [1.82, 2.24) is 10.2 Å². The van der Waals surface area contributed by atoms with E-state index in [1.165, 1.54) is 17.0 Å². The molecule has 0 unspecified atom stereocenters. The molecular formula is C20H22F2N2O3. The summed E-state index contributed by atoms with van der Waals surface area (Å²) in [6, 6.07) is 11.5. The van der Waals surface area contributed by atoms with Gasteiger partial charge in [-0.25, -0.2) is 0 Å². The number of ether oxygens (including phenoxy) is 1. The van der Waals surface area contributed by atoms with Crippen LogP contribution in [0.5, 0.6) is 5.75 Å². The molecule has 0 atom stereocenters. The van der Waals surface area contributed by atoms with Crippen LogP contribution in [0.15, 0.2) is 42.5 Å². The quantitative estimate of drug-likeness (QED) is 0.807. The normalized spacial score (nSPS) is 10.6. The summed E-state index contributed by atoms with van der Waals surface area (Å²) in [4.78, 5) is 25.9.